The van der Waals surface area contributed by atoms with Crippen LogP contribution in [0.2, 0.25) is 5.02 Å². The number of rotatable bonds is 3. The Balaban J connectivity index is 3.07. The van der Waals surface area contributed by atoms with E-state index in [1.807, 2.05) is 0 Å². The Morgan fingerprint density at radius 1 is 1.18 bits per heavy atom. The molecular weight excluding hydrogens is 228 g/mol. The van der Waals surface area contributed by atoms with Crippen molar-refractivity contribution in [1.29, 1.82) is 0 Å². The van der Waals surface area contributed by atoms with E-state index in [-0.39, 0.29) is 5.41 Å². The summed E-state index contributed by atoms with van der Waals surface area (Å²) in [5, 5.41) is 0.791. The third kappa shape index (κ3) is 3.89. The van der Waals surface area contributed by atoms with E-state index in [2.05, 4.69) is 59.4 Å². The fourth-order valence-electron chi connectivity index (χ4n) is 2.54. The van der Waals surface area contributed by atoms with Gasteiger partial charge in [0.05, 0.1) is 0 Å². The van der Waals surface area contributed by atoms with Gasteiger partial charge in [0, 0.05) is 5.02 Å². The van der Waals surface area contributed by atoms with Gasteiger partial charge in [-0.1, -0.05) is 71.0 Å². The minimum atomic E-state index is 0.140. The molecule has 0 aliphatic heterocycles. The normalized spacial score (nSPS) is 12.6. The van der Waals surface area contributed by atoms with E-state index >= 15 is 0 Å². The molecule has 1 aromatic rings. The van der Waals surface area contributed by atoms with Gasteiger partial charge in [-0.25, -0.2) is 0 Å². The maximum Gasteiger partial charge on any atom is 0.0481 e. The summed E-state index contributed by atoms with van der Waals surface area (Å²) in [7, 11) is 0. The van der Waals surface area contributed by atoms with Gasteiger partial charge in [-0.15, -0.1) is 0 Å². The van der Waals surface area contributed by atoms with Crippen LogP contribution in [0.4, 0.5) is 0 Å². The molecule has 0 aromatic heterocycles. The Morgan fingerprint density at radius 3 is 2.18 bits per heavy atom. The molecule has 0 saturated heterocycles. The van der Waals surface area contributed by atoms with Crippen molar-refractivity contribution in [3.05, 3.63) is 40.9 Å². The molecule has 1 aromatic carbocycles. The van der Waals surface area contributed by atoms with Crippen LogP contribution in [0.25, 0.3) is 6.08 Å². The first kappa shape index (κ1) is 14.3. The summed E-state index contributed by atoms with van der Waals surface area (Å²) in [4.78, 5) is 0. The van der Waals surface area contributed by atoms with E-state index in [1.165, 1.54) is 5.56 Å². The van der Waals surface area contributed by atoms with E-state index in [4.69, 9.17) is 11.6 Å². The molecule has 0 aliphatic rings. The second-order valence-electron chi connectivity index (χ2n) is 6.56. The van der Waals surface area contributed by atoms with Crippen LogP contribution in [-0.4, -0.2) is 0 Å². The summed E-state index contributed by atoms with van der Waals surface area (Å²) in [6.07, 6.45) is 2.92. The van der Waals surface area contributed by atoms with Crippen LogP contribution in [0.3, 0.4) is 0 Å². The van der Waals surface area contributed by atoms with Crippen LogP contribution in [0.1, 0.15) is 52.2 Å². The Hall–Kier alpha value is -0.750. The molecule has 0 nitrogen and oxygen atoms in total. The average Bonchev–Trinajstić information content (AvgIpc) is 2.13. The van der Waals surface area contributed by atoms with Crippen molar-refractivity contribution in [3.8, 4) is 0 Å². The lowest BCUT2D eigenvalue weighted by molar-refractivity contribution is 0.284. The molecule has 94 valence electrons. The van der Waals surface area contributed by atoms with Gasteiger partial charge >= 0.3 is 0 Å². The Bertz CT molecular complexity index is 408. The fourth-order valence-corrected chi connectivity index (χ4v) is 2.80. The molecule has 1 rings (SSSR count). The summed E-state index contributed by atoms with van der Waals surface area (Å²) >= 11 is 6.24. The lowest BCUT2D eigenvalue weighted by atomic mass is 9.72. The van der Waals surface area contributed by atoms with Gasteiger partial charge in [0.15, 0.2) is 0 Å². The van der Waals surface area contributed by atoms with E-state index < -0.39 is 0 Å². The van der Waals surface area contributed by atoms with E-state index in [0.29, 0.717) is 5.41 Å². The molecule has 0 unspecified atom stereocenters. The summed E-state index contributed by atoms with van der Waals surface area (Å²) in [6, 6.07) is 6.29. The molecule has 0 aliphatic carbocycles. The lowest BCUT2D eigenvalue weighted by Gasteiger charge is -2.33. The molecule has 0 radical (unpaired) electrons. The van der Waals surface area contributed by atoms with Crippen molar-refractivity contribution in [2.45, 2.75) is 46.5 Å². The molecule has 0 heterocycles. The van der Waals surface area contributed by atoms with Gasteiger partial charge in [0.25, 0.3) is 0 Å². The van der Waals surface area contributed by atoms with Crippen molar-refractivity contribution >= 4 is 17.7 Å². The van der Waals surface area contributed by atoms with Gasteiger partial charge in [-0.2, -0.15) is 0 Å². The first-order valence-electron chi connectivity index (χ1n) is 6.08. The van der Waals surface area contributed by atoms with E-state index in [9.17, 15) is 0 Å². The zero-order chi connectivity index (χ0) is 13.3. The van der Waals surface area contributed by atoms with Gasteiger partial charge in [-0.05, 0) is 34.4 Å². The van der Waals surface area contributed by atoms with Gasteiger partial charge in [-0.3, -0.25) is 0 Å². The Labute approximate surface area is 111 Å². The third-order valence-electron chi connectivity index (χ3n) is 2.97. The van der Waals surface area contributed by atoms with Crippen LogP contribution in [-0.2, 0) is 5.41 Å². The zero-order valence-corrected chi connectivity index (χ0v) is 12.4. The second kappa shape index (κ2) is 4.86. The average molecular weight is 251 g/mol. The standard InChI is InChI=1S/C16H23Cl/c1-7-12-8-9-13(10-14(12)17)16(5,6)11-15(2,3)4/h7-10H,1,11H2,2-6H3. The minimum absolute atomic E-state index is 0.140. The molecule has 0 fully saturated rings. The maximum absolute atomic E-state index is 6.24. The predicted molar refractivity (Wildman–Crippen MR) is 78.6 cm³/mol. The molecule has 0 amide bonds. The van der Waals surface area contributed by atoms with Gasteiger partial charge in [0.2, 0.25) is 0 Å². The maximum atomic E-state index is 6.24. The van der Waals surface area contributed by atoms with E-state index in [1.54, 1.807) is 6.08 Å². The van der Waals surface area contributed by atoms with Gasteiger partial charge in [0.1, 0.15) is 0 Å². The smallest absolute Gasteiger partial charge is 0.0481 e. The first-order chi connectivity index (χ1) is 7.65. The Morgan fingerprint density at radius 2 is 1.76 bits per heavy atom. The van der Waals surface area contributed by atoms with Gasteiger partial charge < -0.3 is 0 Å². The second-order valence-corrected chi connectivity index (χ2v) is 6.97. The quantitative estimate of drug-likeness (QED) is 0.646. The highest BCUT2D eigenvalue weighted by molar-refractivity contribution is 6.32. The molecular formula is C16H23Cl. The van der Waals surface area contributed by atoms with Crippen molar-refractivity contribution in [2.24, 2.45) is 5.41 Å². The summed E-state index contributed by atoms with van der Waals surface area (Å²) in [5.74, 6) is 0. The van der Waals surface area contributed by atoms with Crippen LogP contribution in [0.5, 0.6) is 0 Å². The van der Waals surface area contributed by atoms with Crippen LogP contribution < -0.4 is 0 Å². The summed E-state index contributed by atoms with van der Waals surface area (Å²) in [6.45, 7) is 15.1. The molecule has 1 heteroatoms. The summed E-state index contributed by atoms with van der Waals surface area (Å²) < 4.78 is 0. The highest BCUT2D eigenvalue weighted by atomic mass is 35.5. The highest BCUT2D eigenvalue weighted by Crippen LogP contribution is 2.37. The van der Waals surface area contributed by atoms with Crippen molar-refractivity contribution in [1.82, 2.24) is 0 Å². The lowest BCUT2D eigenvalue weighted by Crippen LogP contribution is -2.24. The van der Waals surface area contributed by atoms with Crippen LogP contribution in [0.15, 0.2) is 24.8 Å². The van der Waals surface area contributed by atoms with Crippen molar-refractivity contribution in [3.63, 3.8) is 0 Å². The molecule has 0 bridgehead atoms. The molecule has 0 atom stereocenters. The number of hydrogen-bond acceptors (Lipinski definition) is 0. The van der Waals surface area contributed by atoms with Crippen molar-refractivity contribution < 1.29 is 0 Å². The van der Waals surface area contributed by atoms with Crippen LogP contribution in [0, 0.1) is 5.41 Å². The largest absolute Gasteiger partial charge is 0.0984 e. The summed E-state index contributed by atoms with van der Waals surface area (Å²) in [5.41, 5.74) is 2.75. The zero-order valence-electron chi connectivity index (χ0n) is 11.6. The number of hydrogen-bond donors (Lipinski definition) is 0. The fraction of sp³-hybridized carbons (Fsp3) is 0.500. The third-order valence-corrected chi connectivity index (χ3v) is 3.30. The highest BCUT2D eigenvalue weighted by Gasteiger charge is 2.27. The molecule has 0 saturated carbocycles. The molecule has 0 N–H and O–H groups in total. The molecule has 17 heavy (non-hydrogen) atoms. The molecule has 0 spiro atoms. The SMILES string of the molecule is C=Cc1ccc(C(C)(C)CC(C)(C)C)cc1Cl. The first-order valence-corrected chi connectivity index (χ1v) is 6.46. The van der Waals surface area contributed by atoms with Crippen molar-refractivity contribution in [2.75, 3.05) is 0 Å². The Kier molecular flexibility index (Phi) is 4.09. The minimum Gasteiger partial charge on any atom is -0.0984 e. The predicted octanol–water partition coefficient (Wildman–Crippen LogP) is 5.70. The van der Waals surface area contributed by atoms with E-state index in [0.717, 1.165) is 17.0 Å². The topological polar surface area (TPSA) is 0 Å². The number of benzene rings is 1. The van der Waals surface area contributed by atoms with Crippen LogP contribution >= 0.6 is 11.6 Å². The number of halogens is 1. The monoisotopic (exact) mass is 250 g/mol.